The maximum Gasteiger partial charge on any atom is 0.416 e. The molecular weight excluding hydrogens is 225 g/mol. The summed E-state index contributed by atoms with van der Waals surface area (Å²) in [6, 6.07) is 3.56. The van der Waals surface area contributed by atoms with Crippen molar-refractivity contribution in [2.24, 2.45) is 0 Å². The topological polar surface area (TPSA) is 9.23 Å². The summed E-state index contributed by atoms with van der Waals surface area (Å²) in [5.41, 5.74) is -0.645. The van der Waals surface area contributed by atoms with Crippen LogP contribution in [0.3, 0.4) is 0 Å². The van der Waals surface area contributed by atoms with Crippen molar-refractivity contribution in [3.63, 3.8) is 0 Å². The number of hydrogen-bond acceptors (Lipinski definition) is 2. The van der Waals surface area contributed by atoms with Gasteiger partial charge in [0.1, 0.15) is 5.75 Å². The molecule has 79 valence electrons. The fourth-order valence-corrected chi connectivity index (χ4v) is 2.13. The highest BCUT2D eigenvalue weighted by Crippen LogP contribution is 2.36. The molecule has 0 aliphatic carbocycles. The molecule has 15 heavy (non-hydrogen) atoms. The lowest BCUT2D eigenvalue weighted by atomic mass is 10.1. The molecule has 2 aromatic rings. The van der Waals surface area contributed by atoms with Crippen LogP contribution in [0.15, 0.2) is 18.2 Å². The first-order valence-corrected chi connectivity index (χ1v) is 4.89. The van der Waals surface area contributed by atoms with Gasteiger partial charge < -0.3 is 4.74 Å². The van der Waals surface area contributed by atoms with Crippen LogP contribution in [0.25, 0.3) is 10.1 Å². The van der Waals surface area contributed by atoms with Gasteiger partial charge in [0, 0.05) is 10.1 Å². The Morgan fingerprint density at radius 2 is 2.07 bits per heavy atom. The van der Waals surface area contributed by atoms with Crippen LogP contribution in [0.4, 0.5) is 13.2 Å². The van der Waals surface area contributed by atoms with E-state index in [1.165, 1.54) is 13.2 Å². The molecule has 0 aliphatic rings. The Balaban J connectivity index is 2.58. The molecule has 0 amide bonds. The molecule has 0 saturated carbocycles. The maximum atomic E-state index is 12.4. The second-order valence-corrected chi connectivity index (χ2v) is 3.79. The van der Waals surface area contributed by atoms with Crippen LogP contribution in [-0.4, -0.2) is 7.11 Å². The molecule has 0 fully saturated rings. The summed E-state index contributed by atoms with van der Waals surface area (Å²) >= 11 is 1.12. The van der Waals surface area contributed by atoms with Crippen molar-refractivity contribution >= 4 is 21.4 Å². The van der Waals surface area contributed by atoms with Crippen molar-refractivity contribution in [3.8, 4) is 5.75 Å². The number of methoxy groups -OCH3 is 1. The summed E-state index contributed by atoms with van der Waals surface area (Å²) in [6.07, 6.45) is -4.30. The van der Waals surface area contributed by atoms with Gasteiger partial charge in [-0.1, -0.05) is 0 Å². The first kappa shape index (κ1) is 10.3. The van der Waals surface area contributed by atoms with Gasteiger partial charge >= 0.3 is 6.18 Å². The lowest BCUT2D eigenvalue weighted by molar-refractivity contribution is -0.137. The third-order valence-electron chi connectivity index (χ3n) is 2.01. The van der Waals surface area contributed by atoms with E-state index in [1.54, 1.807) is 0 Å². The fraction of sp³-hybridized carbons (Fsp3) is 0.200. The predicted octanol–water partition coefficient (Wildman–Crippen LogP) is 3.73. The summed E-state index contributed by atoms with van der Waals surface area (Å²) in [5.74, 6) is 0.490. The molecule has 1 aromatic carbocycles. The van der Waals surface area contributed by atoms with Crippen molar-refractivity contribution in [1.82, 2.24) is 0 Å². The minimum absolute atomic E-state index is 0.490. The Kier molecular flexibility index (Phi) is 2.34. The fourth-order valence-electron chi connectivity index (χ4n) is 1.28. The van der Waals surface area contributed by atoms with E-state index in [1.807, 2.05) is 0 Å². The van der Waals surface area contributed by atoms with Crippen LogP contribution >= 0.6 is 11.3 Å². The molecule has 0 N–H and O–H groups in total. The number of benzene rings is 1. The molecule has 1 aromatic heterocycles. The van der Waals surface area contributed by atoms with Crippen LogP contribution < -0.4 is 4.74 Å². The number of alkyl halides is 3. The zero-order chi connectivity index (χ0) is 11.1. The Morgan fingerprint density at radius 1 is 1.33 bits per heavy atom. The SMILES string of the molecule is COc1[c]sc2cc(C(F)(F)F)ccc12. The van der Waals surface area contributed by atoms with Gasteiger partial charge in [0.25, 0.3) is 0 Å². The van der Waals surface area contributed by atoms with E-state index >= 15 is 0 Å². The molecule has 0 saturated heterocycles. The first-order valence-electron chi connectivity index (χ1n) is 4.08. The molecule has 1 radical (unpaired) electrons. The second-order valence-electron chi connectivity index (χ2n) is 2.95. The van der Waals surface area contributed by atoms with Gasteiger partial charge in [-0.2, -0.15) is 13.2 Å². The van der Waals surface area contributed by atoms with Crippen LogP contribution in [0.2, 0.25) is 0 Å². The lowest BCUT2D eigenvalue weighted by Crippen LogP contribution is -2.03. The quantitative estimate of drug-likeness (QED) is 0.726. The Morgan fingerprint density at radius 3 is 2.67 bits per heavy atom. The number of ether oxygens (including phenoxy) is 1. The molecular formula is C10H6F3OS. The highest BCUT2D eigenvalue weighted by atomic mass is 32.1. The zero-order valence-corrected chi connectivity index (χ0v) is 8.50. The Hall–Kier alpha value is -1.23. The van der Waals surface area contributed by atoms with Gasteiger partial charge in [0.15, 0.2) is 0 Å². The van der Waals surface area contributed by atoms with E-state index in [4.69, 9.17) is 4.74 Å². The second kappa shape index (κ2) is 3.41. The van der Waals surface area contributed by atoms with E-state index in [2.05, 4.69) is 5.38 Å². The highest BCUT2D eigenvalue weighted by Gasteiger charge is 2.30. The third-order valence-corrected chi connectivity index (χ3v) is 2.86. The van der Waals surface area contributed by atoms with E-state index < -0.39 is 11.7 Å². The molecule has 0 unspecified atom stereocenters. The smallest absolute Gasteiger partial charge is 0.416 e. The average molecular weight is 231 g/mol. The minimum Gasteiger partial charge on any atom is -0.495 e. The summed E-state index contributed by atoms with van der Waals surface area (Å²) in [5, 5.41) is 3.46. The molecule has 0 bridgehead atoms. The van der Waals surface area contributed by atoms with Crippen molar-refractivity contribution in [1.29, 1.82) is 0 Å². The highest BCUT2D eigenvalue weighted by molar-refractivity contribution is 7.17. The summed E-state index contributed by atoms with van der Waals surface area (Å²) in [7, 11) is 1.47. The van der Waals surface area contributed by atoms with Crippen LogP contribution in [0.1, 0.15) is 5.56 Å². The van der Waals surface area contributed by atoms with Crippen molar-refractivity contribution in [2.45, 2.75) is 6.18 Å². The standard InChI is InChI=1S/C10H6F3OS/c1-14-8-5-15-9-4-6(10(11,12)13)2-3-7(8)9/h2-4H,1H3. The van der Waals surface area contributed by atoms with E-state index in [0.29, 0.717) is 15.8 Å². The van der Waals surface area contributed by atoms with Crippen LogP contribution in [0, 0.1) is 5.38 Å². The van der Waals surface area contributed by atoms with Gasteiger partial charge in [-0.3, -0.25) is 0 Å². The molecule has 0 spiro atoms. The molecule has 1 heterocycles. The first-order chi connectivity index (χ1) is 7.02. The summed E-state index contributed by atoms with van der Waals surface area (Å²) < 4.78 is 42.6. The lowest BCUT2D eigenvalue weighted by Gasteiger charge is -2.06. The Bertz CT molecular complexity index is 487. The number of rotatable bonds is 1. The van der Waals surface area contributed by atoms with Crippen LogP contribution in [-0.2, 0) is 6.18 Å². The monoisotopic (exact) mass is 231 g/mol. The third kappa shape index (κ3) is 1.79. The summed E-state index contributed by atoms with van der Waals surface area (Å²) in [4.78, 5) is 0. The average Bonchev–Trinajstić information content (AvgIpc) is 2.58. The van der Waals surface area contributed by atoms with Gasteiger partial charge in [-0.25, -0.2) is 0 Å². The van der Waals surface area contributed by atoms with E-state index in [9.17, 15) is 13.2 Å². The van der Waals surface area contributed by atoms with Gasteiger partial charge in [-0.15, -0.1) is 11.3 Å². The predicted molar refractivity (Wildman–Crippen MR) is 52.2 cm³/mol. The number of hydrogen-bond donors (Lipinski definition) is 0. The molecule has 5 heteroatoms. The van der Waals surface area contributed by atoms with Crippen molar-refractivity contribution < 1.29 is 17.9 Å². The normalized spacial score (nSPS) is 12.0. The van der Waals surface area contributed by atoms with Gasteiger partial charge in [0.2, 0.25) is 0 Å². The number of thiophene rings is 1. The van der Waals surface area contributed by atoms with Gasteiger partial charge in [0.05, 0.1) is 18.1 Å². The Labute approximate surface area is 88.1 Å². The zero-order valence-electron chi connectivity index (χ0n) is 7.68. The number of halogens is 3. The number of fused-ring (bicyclic) bond motifs is 1. The summed E-state index contributed by atoms with van der Waals surface area (Å²) in [6.45, 7) is 0. The molecule has 2 rings (SSSR count). The van der Waals surface area contributed by atoms with Crippen molar-refractivity contribution in [3.05, 3.63) is 29.1 Å². The van der Waals surface area contributed by atoms with Crippen molar-refractivity contribution in [2.75, 3.05) is 7.11 Å². The van der Waals surface area contributed by atoms with E-state index in [0.717, 1.165) is 23.5 Å². The van der Waals surface area contributed by atoms with Crippen LogP contribution in [0.5, 0.6) is 5.75 Å². The molecule has 0 aliphatic heterocycles. The molecule has 0 atom stereocenters. The van der Waals surface area contributed by atoms with E-state index in [-0.39, 0.29) is 0 Å². The van der Waals surface area contributed by atoms with Gasteiger partial charge in [-0.05, 0) is 18.2 Å². The molecule has 1 nitrogen and oxygen atoms in total. The largest absolute Gasteiger partial charge is 0.495 e. The maximum absolute atomic E-state index is 12.4. The minimum atomic E-state index is -4.30.